The molecule has 5 nitrogen and oxygen atoms in total. The van der Waals surface area contributed by atoms with E-state index in [1.807, 2.05) is 13.8 Å². The highest BCUT2D eigenvalue weighted by Crippen LogP contribution is 2.23. The van der Waals surface area contributed by atoms with Gasteiger partial charge in [-0.15, -0.1) is 0 Å². The number of carbonyl (C=O) groups excluding carboxylic acids is 1. The smallest absolute Gasteiger partial charge is 0.222 e. The quantitative estimate of drug-likeness (QED) is 0.824. The Morgan fingerprint density at radius 2 is 1.64 bits per heavy atom. The summed E-state index contributed by atoms with van der Waals surface area (Å²) in [6.07, 6.45) is 2.87. The number of likely N-dealkylation sites (N-methyl/N-ethyl adjacent to an activating group) is 1. The summed E-state index contributed by atoms with van der Waals surface area (Å²) in [6, 6.07) is 0. The SMILES string of the molecule is CCN1CCN(C(=O)CC2CCN(CC(C)(C)O)CC2)CC1. The van der Waals surface area contributed by atoms with Crippen molar-refractivity contribution in [1.82, 2.24) is 14.7 Å². The van der Waals surface area contributed by atoms with Crippen LogP contribution in [0.1, 0.15) is 40.0 Å². The molecule has 0 aromatic rings. The lowest BCUT2D eigenvalue weighted by molar-refractivity contribution is -0.134. The zero-order chi connectivity index (χ0) is 16.2. The van der Waals surface area contributed by atoms with Crippen molar-refractivity contribution in [2.45, 2.75) is 45.6 Å². The molecule has 2 aliphatic heterocycles. The summed E-state index contributed by atoms with van der Waals surface area (Å²) >= 11 is 0. The van der Waals surface area contributed by atoms with Gasteiger partial charge in [-0.2, -0.15) is 0 Å². The third-order valence-electron chi connectivity index (χ3n) is 4.95. The summed E-state index contributed by atoms with van der Waals surface area (Å²) in [7, 11) is 0. The molecule has 22 heavy (non-hydrogen) atoms. The van der Waals surface area contributed by atoms with Crippen LogP contribution in [-0.2, 0) is 4.79 Å². The van der Waals surface area contributed by atoms with Gasteiger partial charge < -0.3 is 19.8 Å². The van der Waals surface area contributed by atoms with Gasteiger partial charge in [0.05, 0.1) is 5.60 Å². The maximum Gasteiger partial charge on any atom is 0.222 e. The molecular weight excluding hydrogens is 278 g/mol. The topological polar surface area (TPSA) is 47.0 Å². The molecule has 1 N–H and O–H groups in total. The van der Waals surface area contributed by atoms with E-state index >= 15 is 0 Å². The molecule has 2 saturated heterocycles. The number of likely N-dealkylation sites (tertiary alicyclic amines) is 1. The second-order valence-corrected chi connectivity index (χ2v) is 7.55. The Balaban J connectivity index is 1.69. The van der Waals surface area contributed by atoms with Gasteiger partial charge in [0.25, 0.3) is 0 Å². The number of β-amino-alcohol motifs (C(OH)–C–C–N with tert-alkyl or cyclic N) is 1. The number of piperazine rings is 1. The molecule has 0 aliphatic carbocycles. The van der Waals surface area contributed by atoms with E-state index in [2.05, 4.69) is 21.6 Å². The van der Waals surface area contributed by atoms with Crippen LogP contribution >= 0.6 is 0 Å². The average molecular weight is 311 g/mol. The Hall–Kier alpha value is -0.650. The van der Waals surface area contributed by atoms with Crippen LogP contribution in [0.15, 0.2) is 0 Å². The van der Waals surface area contributed by atoms with Crippen LogP contribution in [0, 0.1) is 5.92 Å². The number of carbonyl (C=O) groups is 1. The van der Waals surface area contributed by atoms with E-state index in [1.54, 1.807) is 0 Å². The van der Waals surface area contributed by atoms with E-state index in [0.717, 1.165) is 65.2 Å². The normalized spacial score (nSPS) is 23.0. The van der Waals surface area contributed by atoms with Crippen LogP contribution < -0.4 is 0 Å². The Morgan fingerprint density at radius 1 is 1.05 bits per heavy atom. The Morgan fingerprint density at radius 3 is 2.14 bits per heavy atom. The van der Waals surface area contributed by atoms with Crippen molar-refractivity contribution in [3.63, 3.8) is 0 Å². The molecule has 2 heterocycles. The predicted octanol–water partition coefficient (Wildman–Crippen LogP) is 1.02. The Kier molecular flexibility index (Phi) is 6.24. The summed E-state index contributed by atoms with van der Waals surface area (Å²) in [5.41, 5.74) is -0.623. The van der Waals surface area contributed by atoms with E-state index in [9.17, 15) is 9.90 Å². The second kappa shape index (κ2) is 7.75. The summed E-state index contributed by atoms with van der Waals surface area (Å²) < 4.78 is 0. The number of piperidine rings is 1. The second-order valence-electron chi connectivity index (χ2n) is 7.55. The van der Waals surface area contributed by atoms with Crippen LogP contribution in [0.25, 0.3) is 0 Å². The molecule has 5 heteroatoms. The predicted molar refractivity (Wildman–Crippen MR) is 88.8 cm³/mol. The van der Waals surface area contributed by atoms with E-state index in [0.29, 0.717) is 18.2 Å². The third kappa shape index (κ3) is 5.52. The van der Waals surface area contributed by atoms with Gasteiger partial charge in [0.2, 0.25) is 5.91 Å². The highest BCUT2D eigenvalue weighted by molar-refractivity contribution is 5.76. The number of aliphatic hydroxyl groups is 1. The average Bonchev–Trinajstić information content (AvgIpc) is 2.48. The highest BCUT2D eigenvalue weighted by Gasteiger charge is 2.27. The van der Waals surface area contributed by atoms with Crippen molar-refractivity contribution in [2.24, 2.45) is 5.92 Å². The van der Waals surface area contributed by atoms with Crippen LogP contribution in [0.2, 0.25) is 0 Å². The van der Waals surface area contributed by atoms with Gasteiger partial charge in [0.15, 0.2) is 0 Å². The fourth-order valence-electron chi connectivity index (χ4n) is 3.59. The lowest BCUT2D eigenvalue weighted by Gasteiger charge is -2.37. The van der Waals surface area contributed by atoms with Crippen molar-refractivity contribution in [1.29, 1.82) is 0 Å². The highest BCUT2D eigenvalue weighted by atomic mass is 16.3. The summed E-state index contributed by atoms with van der Waals surface area (Å²) in [4.78, 5) is 19.2. The Bertz CT molecular complexity index is 351. The maximum atomic E-state index is 12.4. The molecule has 0 unspecified atom stereocenters. The zero-order valence-electron chi connectivity index (χ0n) is 14.6. The van der Waals surface area contributed by atoms with Gasteiger partial charge in [-0.05, 0) is 52.2 Å². The molecule has 2 aliphatic rings. The number of hydrogen-bond acceptors (Lipinski definition) is 4. The first-order chi connectivity index (χ1) is 10.4. The molecule has 128 valence electrons. The lowest BCUT2D eigenvalue weighted by Crippen LogP contribution is -2.49. The van der Waals surface area contributed by atoms with Gasteiger partial charge in [-0.25, -0.2) is 0 Å². The molecule has 0 aromatic carbocycles. The standard InChI is InChI=1S/C17H33N3O2/c1-4-18-9-11-20(12-10-18)16(21)13-15-5-7-19(8-6-15)14-17(2,3)22/h15,22H,4-14H2,1-3H3. The molecule has 0 radical (unpaired) electrons. The minimum Gasteiger partial charge on any atom is -0.389 e. The van der Waals surface area contributed by atoms with Gasteiger partial charge in [-0.3, -0.25) is 4.79 Å². The van der Waals surface area contributed by atoms with Gasteiger partial charge in [0.1, 0.15) is 0 Å². The minimum absolute atomic E-state index is 0.344. The van der Waals surface area contributed by atoms with Gasteiger partial charge >= 0.3 is 0 Å². The van der Waals surface area contributed by atoms with E-state index < -0.39 is 5.60 Å². The van der Waals surface area contributed by atoms with E-state index in [-0.39, 0.29) is 0 Å². The number of rotatable bonds is 5. The first kappa shape index (κ1) is 17.7. The lowest BCUT2D eigenvalue weighted by atomic mass is 9.92. The minimum atomic E-state index is -0.623. The summed E-state index contributed by atoms with van der Waals surface area (Å²) in [5, 5.41) is 9.89. The summed E-state index contributed by atoms with van der Waals surface area (Å²) in [6.45, 7) is 13.6. The summed E-state index contributed by atoms with van der Waals surface area (Å²) in [5.74, 6) is 0.867. The van der Waals surface area contributed by atoms with Crippen LogP contribution in [0.5, 0.6) is 0 Å². The zero-order valence-corrected chi connectivity index (χ0v) is 14.6. The van der Waals surface area contributed by atoms with Gasteiger partial charge in [-0.1, -0.05) is 6.92 Å². The molecule has 2 rings (SSSR count). The largest absolute Gasteiger partial charge is 0.389 e. The maximum absolute atomic E-state index is 12.4. The van der Waals surface area contributed by atoms with Crippen molar-refractivity contribution in [3.8, 4) is 0 Å². The molecule has 0 saturated carbocycles. The van der Waals surface area contributed by atoms with Crippen molar-refractivity contribution in [3.05, 3.63) is 0 Å². The van der Waals surface area contributed by atoms with Gasteiger partial charge in [0, 0.05) is 39.1 Å². The van der Waals surface area contributed by atoms with Crippen molar-refractivity contribution in [2.75, 3.05) is 52.4 Å². The fourth-order valence-corrected chi connectivity index (χ4v) is 3.59. The fraction of sp³-hybridized carbons (Fsp3) is 0.941. The van der Waals surface area contributed by atoms with E-state index in [4.69, 9.17) is 0 Å². The number of hydrogen-bond donors (Lipinski definition) is 1. The van der Waals surface area contributed by atoms with Crippen LogP contribution in [0.4, 0.5) is 0 Å². The Labute approximate surface area is 135 Å². The number of nitrogens with zero attached hydrogens (tertiary/aromatic N) is 3. The molecule has 2 fully saturated rings. The van der Waals surface area contributed by atoms with Crippen molar-refractivity contribution >= 4 is 5.91 Å². The molecule has 1 amide bonds. The third-order valence-corrected chi connectivity index (χ3v) is 4.95. The molecule has 0 aromatic heterocycles. The molecule has 0 spiro atoms. The first-order valence-corrected chi connectivity index (χ1v) is 8.82. The van der Waals surface area contributed by atoms with Crippen LogP contribution in [-0.4, -0.2) is 83.7 Å². The van der Waals surface area contributed by atoms with Crippen LogP contribution in [0.3, 0.4) is 0 Å². The van der Waals surface area contributed by atoms with Crippen molar-refractivity contribution < 1.29 is 9.90 Å². The first-order valence-electron chi connectivity index (χ1n) is 8.82. The number of amides is 1. The molecule has 0 atom stereocenters. The van der Waals surface area contributed by atoms with E-state index in [1.165, 1.54) is 0 Å². The molecule has 0 bridgehead atoms. The molecular formula is C17H33N3O2. The monoisotopic (exact) mass is 311 g/mol.